The molecule has 0 spiro atoms. The maximum atomic E-state index is 12.7. The molecule has 2 heterocycles. The molecule has 1 amide bonds. The molecule has 1 aliphatic rings. The Morgan fingerprint density at radius 1 is 1.23 bits per heavy atom. The van der Waals surface area contributed by atoms with E-state index in [1.54, 1.807) is 24.1 Å². The van der Waals surface area contributed by atoms with Gasteiger partial charge in [0.05, 0.1) is 19.4 Å². The summed E-state index contributed by atoms with van der Waals surface area (Å²) in [6, 6.07) is 8.92. The van der Waals surface area contributed by atoms with Gasteiger partial charge in [-0.05, 0) is 36.8 Å². The first-order chi connectivity index (χ1) is 12.5. The highest BCUT2D eigenvalue weighted by atomic mass is 16.5. The normalized spacial score (nSPS) is 19.5. The minimum atomic E-state index is -1.05. The zero-order valence-corrected chi connectivity index (χ0v) is 14.7. The molecule has 0 radical (unpaired) electrons. The lowest BCUT2D eigenvalue weighted by atomic mass is 9.88. The van der Waals surface area contributed by atoms with Crippen molar-refractivity contribution in [1.29, 1.82) is 0 Å². The van der Waals surface area contributed by atoms with E-state index in [4.69, 9.17) is 9.47 Å². The molecule has 2 aromatic rings. The summed E-state index contributed by atoms with van der Waals surface area (Å²) in [4.78, 5) is 25.8. The molecular formula is C18H21N3O5. The van der Waals surface area contributed by atoms with E-state index in [9.17, 15) is 14.7 Å². The molecule has 1 aromatic carbocycles. The maximum Gasteiger partial charge on any atom is 0.313 e. The topological polar surface area (TPSA) is 93.9 Å². The number of ether oxygens (including phenoxy) is 2. The van der Waals surface area contributed by atoms with Crippen LogP contribution in [0, 0.1) is 5.41 Å². The second-order valence-corrected chi connectivity index (χ2v) is 6.34. The van der Waals surface area contributed by atoms with E-state index < -0.39 is 11.4 Å². The quantitative estimate of drug-likeness (QED) is 0.839. The van der Waals surface area contributed by atoms with Crippen LogP contribution in [0.1, 0.15) is 16.9 Å². The van der Waals surface area contributed by atoms with Gasteiger partial charge in [-0.25, -0.2) is 4.68 Å². The van der Waals surface area contributed by atoms with Crippen molar-refractivity contribution in [2.24, 2.45) is 5.41 Å². The Morgan fingerprint density at radius 2 is 1.96 bits per heavy atom. The highest BCUT2D eigenvalue weighted by Crippen LogP contribution is 2.32. The van der Waals surface area contributed by atoms with Gasteiger partial charge in [-0.3, -0.25) is 9.59 Å². The van der Waals surface area contributed by atoms with Gasteiger partial charge in [0.25, 0.3) is 5.91 Å². The van der Waals surface area contributed by atoms with Gasteiger partial charge in [0.15, 0.2) is 5.69 Å². The number of aromatic nitrogens is 2. The third-order valence-corrected chi connectivity index (χ3v) is 4.66. The number of hydrogen-bond acceptors (Lipinski definition) is 5. The van der Waals surface area contributed by atoms with E-state index in [0.29, 0.717) is 13.0 Å². The summed E-state index contributed by atoms with van der Waals surface area (Å²) in [5, 5.41) is 13.8. The van der Waals surface area contributed by atoms with Crippen LogP contribution in [0.5, 0.6) is 5.75 Å². The number of hydrogen-bond donors (Lipinski definition) is 1. The van der Waals surface area contributed by atoms with Crippen molar-refractivity contribution < 1.29 is 24.2 Å². The summed E-state index contributed by atoms with van der Waals surface area (Å²) in [6.45, 7) is 0.556. The minimum absolute atomic E-state index is 0.0758. The van der Waals surface area contributed by atoms with Gasteiger partial charge in [0.1, 0.15) is 11.2 Å². The molecule has 1 atom stereocenters. The molecule has 0 aliphatic carbocycles. The molecule has 8 heteroatoms. The van der Waals surface area contributed by atoms with Crippen LogP contribution in [0.25, 0.3) is 5.69 Å². The SMILES string of the molecule is COCC1(C(=O)O)CCN(C(=O)c2ccn(-c3ccc(OC)cc3)n2)C1. The summed E-state index contributed by atoms with van der Waals surface area (Å²) in [7, 11) is 3.06. The van der Waals surface area contributed by atoms with Crippen molar-refractivity contribution in [2.75, 3.05) is 33.9 Å². The Labute approximate surface area is 150 Å². The monoisotopic (exact) mass is 359 g/mol. The van der Waals surface area contributed by atoms with E-state index in [1.807, 2.05) is 24.3 Å². The van der Waals surface area contributed by atoms with Crippen LogP contribution in [0.3, 0.4) is 0 Å². The molecule has 8 nitrogen and oxygen atoms in total. The van der Waals surface area contributed by atoms with Gasteiger partial charge in [0, 0.05) is 26.4 Å². The maximum absolute atomic E-state index is 12.7. The average Bonchev–Trinajstić information content (AvgIpc) is 3.30. The first-order valence-corrected chi connectivity index (χ1v) is 8.21. The smallest absolute Gasteiger partial charge is 0.313 e. The number of rotatable bonds is 6. The van der Waals surface area contributed by atoms with Crippen LogP contribution in [-0.4, -0.2) is 65.6 Å². The summed E-state index contributed by atoms with van der Waals surface area (Å²) >= 11 is 0. The predicted octanol–water partition coefficient (Wildman–Crippen LogP) is 1.44. The number of benzene rings is 1. The lowest BCUT2D eigenvalue weighted by Gasteiger charge is -2.23. The molecule has 0 saturated carbocycles. The third kappa shape index (κ3) is 3.28. The number of carbonyl (C=O) groups is 2. The zero-order valence-electron chi connectivity index (χ0n) is 14.7. The van der Waals surface area contributed by atoms with Gasteiger partial charge in [-0.1, -0.05) is 0 Å². The van der Waals surface area contributed by atoms with Crippen molar-refractivity contribution in [3.05, 3.63) is 42.2 Å². The summed E-state index contributed by atoms with van der Waals surface area (Å²) < 4.78 is 11.8. The van der Waals surface area contributed by atoms with Crippen LogP contribution < -0.4 is 4.74 Å². The van der Waals surface area contributed by atoms with Crippen LogP contribution >= 0.6 is 0 Å². The van der Waals surface area contributed by atoms with Crippen LogP contribution in [-0.2, 0) is 9.53 Å². The number of methoxy groups -OCH3 is 2. The standard InChI is InChI=1S/C18H21N3O5/c1-25-12-18(17(23)24)8-10-20(11-18)16(22)15-7-9-21(19-15)13-3-5-14(26-2)6-4-13/h3-7,9H,8,10-12H2,1-2H3,(H,23,24). The Morgan fingerprint density at radius 3 is 2.58 bits per heavy atom. The van der Waals surface area contributed by atoms with E-state index in [-0.39, 0.29) is 24.8 Å². The van der Waals surface area contributed by atoms with Gasteiger partial charge >= 0.3 is 5.97 Å². The largest absolute Gasteiger partial charge is 0.497 e. The van der Waals surface area contributed by atoms with Gasteiger partial charge in [-0.2, -0.15) is 5.10 Å². The molecule has 138 valence electrons. The highest BCUT2D eigenvalue weighted by Gasteiger charge is 2.46. The first kappa shape index (κ1) is 17.9. The van der Waals surface area contributed by atoms with Crippen molar-refractivity contribution in [1.82, 2.24) is 14.7 Å². The lowest BCUT2D eigenvalue weighted by molar-refractivity contribution is -0.151. The van der Waals surface area contributed by atoms with Crippen molar-refractivity contribution in [3.63, 3.8) is 0 Å². The van der Waals surface area contributed by atoms with Gasteiger partial charge in [-0.15, -0.1) is 0 Å². The fourth-order valence-corrected chi connectivity index (χ4v) is 3.15. The van der Waals surface area contributed by atoms with E-state index in [0.717, 1.165) is 11.4 Å². The first-order valence-electron chi connectivity index (χ1n) is 8.21. The second kappa shape index (κ2) is 7.17. The van der Waals surface area contributed by atoms with E-state index in [2.05, 4.69) is 5.10 Å². The predicted molar refractivity (Wildman–Crippen MR) is 92.6 cm³/mol. The lowest BCUT2D eigenvalue weighted by Crippen LogP contribution is -2.40. The third-order valence-electron chi connectivity index (χ3n) is 4.66. The Balaban J connectivity index is 1.75. The summed E-state index contributed by atoms with van der Waals surface area (Å²) in [5.74, 6) is -0.493. The van der Waals surface area contributed by atoms with Crippen LogP contribution in [0.2, 0.25) is 0 Å². The summed E-state index contributed by atoms with van der Waals surface area (Å²) in [6.07, 6.45) is 2.06. The number of carboxylic acids is 1. The number of carbonyl (C=O) groups excluding carboxylic acids is 1. The van der Waals surface area contributed by atoms with Crippen molar-refractivity contribution in [2.45, 2.75) is 6.42 Å². The molecular weight excluding hydrogens is 338 g/mol. The highest BCUT2D eigenvalue weighted by molar-refractivity contribution is 5.93. The van der Waals surface area contributed by atoms with Crippen LogP contribution in [0.4, 0.5) is 0 Å². The van der Waals surface area contributed by atoms with Crippen molar-refractivity contribution >= 4 is 11.9 Å². The average molecular weight is 359 g/mol. The van der Waals surface area contributed by atoms with Gasteiger partial charge in [0.2, 0.25) is 0 Å². The zero-order chi connectivity index (χ0) is 18.7. The number of carboxylic acid groups (broad SMARTS) is 1. The van der Waals surface area contributed by atoms with E-state index >= 15 is 0 Å². The number of aliphatic carboxylic acids is 1. The number of nitrogens with zero attached hydrogens (tertiary/aromatic N) is 3. The van der Waals surface area contributed by atoms with Gasteiger partial charge < -0.3 is 19.5 Å². The molecule has 1 fully saturated rings. The Bertz CT molecular complexity index is 801. The minimum Gasteiger partial charge on any atom is -0.497 e. The fourth-order valence-electron chi connectivity index (χ4n) is 3.15. The van der Waals surface area contributed by atoms with E-state index in [1.165, 1.54) is 12.0 Å². The molecule has 1 N–H and O–H groups in total. The summed E-state index contributed by atoms with van der Waals surface area (Å²) in [5.41, 5.74) is 0.0214. The van der Waals surface area contributed by atoms with Crippen molar-refractivity contribution in [3.8, 4) is 11.4 Å². The molecule has 1 unspecified atom stereocenters. The number of amides is 1. The molecule has 1 saturated heterocycles. The second-order valence-electron chi connectivity index (χ2n) is 6.34. The molecule has 0 bridgehead atoms. The molecule has 1 aliphatic heterocycles. The van der Waals surface area contributed by atoms with Crippen LogP contribution in [0.15, 0.2) is 36.5 Å². The molecule has 26 heavy (non-hydrogen) atoms. The Hall–Kier alpha value is -2.87. The number of likely N-dealkylation sites (tertiary alicyclic amines) is 1. The molecule has 3 rings (SSSR count). The Kier molecular flexibility index (Phi) is 4.94. The molecule has 1 aromatic heterocycles. The fraction of sp³-hybridized carbons (Fsp3) is 0.389.